The van der Waals surface area contributed by atoms with E-state index in [0.29, 0.717) is 31.9 Å². The molecule has 2 rings (SSSR count). The van der Waals surface area contributed by atoms with Crippen LogP contribution in [0.15, 0.2) is 24.3 Å². The molecule has 0 spiro atoms. The molecule has 1 aliphatic rings. The molecule has 0 atom stereocenters. The first-order chi connectivity index (χ1) is 12.4. The molecule has 1 aromatic carbocycles. The number of carbonyl (C=O) groups excluding carboxylic acids is 1. The number of unbranched alkanes of at least 4 members (excludes halogenated alkanes) is 1. The standard InChI is InChI=1S/C19H30N2O4S/c1-15(2)26(23,24)20-14-6-5-9-19(22)21-16-10-12-18(13-11-16)25-17-7-3-4-8-17/h10-13,15,17,20H,3-9,14H2,1-2H3,(H,21,22). The van der Waals surface area contributed by atoms with Crippen LogP contribution in [0, 0.1) is 0 Å². The van der Waals surface area contributed by atoms with E-state index < -0.39 is 15.3 Å². The Kier molecular flexibility index (Phi) is 7.90. The number of carbonyl (C=O) groups is 1. The Morgan fingerprint density at radius 3 is 2.42 bits per heavy atom. The van der Waals surface area contributed by atoms with Crippen molar-refractivity contribution >= 4 is 21.6 Å². The van der Waals surface area contributed by atoms with E-state index in [4.69, 9.17) is 4.74 Å². The van der Waals surface area contributed by atoms with Gasteiger partial charge in [0.15, 0.2) is 0 Å². The number of hydrogen-bond acceptors (Lipinski definition) is 4. The fraction of sp³-hybridized carbons (Fsp3) is 0.632. The van der Waals surface area contributed by atoms with Crippen molar-refractivity contribution in [3.05, 3.63) is 24.3 Å². The molecular weight excluding hydrogens is 352 g/mol. The van der Waals surface area contributed by atoms with Crippen LogP contribution in [0.4, 0.5) is 5.69 Å². The van der Waals surface area contributed by atoms with Crippen LogP contribution in [0.5, 0.6) is 5.75 Å². The summed E-state index contributed by atoms with van der Waals surface area (Å²) in [4.78, 5) is 12.0. The van der Waals surface area contributed by atoms with Crippen molar-refractivity contribution in [2.45, 2.75) is 70.1 Å². The SMILES string of the molecule is CC(C)S(=O)(=O)NCCCCC(=O)Nc1ccc(OC2CCCC2)cc1. The largest absolute Gasteiger partial charge is 0.490 e. The Bertz CT molecular complexity index is 665. The van der Waals surface area contributed by atoms with Crippen LogP contribution >= 0.6 is 0 Å². The minimum absolute atomic E-state index is 0.0684. The molecule has 0 radical (unpaired) electrons. The van der Waals surface area contributed by atoms with Gasteiger partial charge in [-0.3, -0.25) is 4.79 Å². The van der Waals surface area contributed by atoms with Crippen molar-refractivity contribution in [2.24, 2.45) is 0 Å². The van der Waals surface area contributed by atoms with Gasteiger partial charge in [0.1, 0.15) is 5.75 Å². The fourth-order valence-corrected chi connectivity index (χ4v) is 3.59. The zero-order chi connectivity index (χ0) is 19.0. The lowest BCUT2D eigenvalue weighted by molar-refractivity contribution is -0.116. The number of nitrogens with one attached hydrogen (secondary N) is 2. The van der Waals surface area contributed by atoms with Gasteiger partial charge in [-0.05, 0) is 76.6 Å². The summed E-state index contributed by atoms with van der Waals surface area (Å²) in [6.45, 7) is 3.64. The average Bonchev–Trinajstić information content (AvgIpc) is 3.09. The van der Waals surface area contributed by atoms with Crippen molar-refractivity contribution in [1.82, 2.24) is 4.72 Å². The number of sulfonamides is 1. The van der Waals surface area contributed by atoms with E-state index in [1.54, 1.807) is 13.8 Å². The highest BCUT2D eigenvalue weighted by molar-refractivity contribution is 7.90. The van der Waals surface area contributed by atoms with E-state index in [1.807, 2.05) is 24.3 Å². The van der Waals surface area contributed by atoms with Crippen molar-refractivity contribution in [1.29, 1.82) is 0 Å². The summed E-state index contributed by atoms with van der Waals surface area (Å²) in [5.74, 6) is 0.772. The molecule has 1 aromatic rings. The van der Waals surface area contributed by atoms with Gasteiger partial charge in [-0.1, -0.05) is 0 Å². The molecule has 0 unspecified atom stereocenters. The molecule has 26 heavy (non-hydrogen) atoms. The summed E-state index contributed by atoms with van der Waals surface area (Å²) in [7, 11) is -3.22. The molecule has 2 N–H and O–H groups in total. The van der Waals surface area contributed by atoms with E-state index >= 15 is 0 Å². The van der Waals surface area contributed by atoms with Crippen molar-refractivity contribution < 1.29 is 17.9 Å². The van der Waals surface area contributed by atoms with Crippen LogP contribution in [-0.2, 0) is 14.8 Å². The van der Waals surface area contributed by atoms with Crippen LogP contribution in [0.3, 0.4) is 0 Å². The predicted molar refractivity (Wildman–Crippen MR) is 104 cm³/mol. The minimum Gasteiger partial charge on any atom is -0.490 e. The Labute approximate surface area is 156 Å². The van der Waals surface area contributed by atoms with Gasteiger partial charge in [0.2, 0.25) is 15.9 Å². The summed E-state index contributed by atoms with van der Waals surface area (Å²) in [6, 6.07) is 7.46. The van der Waals surface area contributed by atoms with E-state index in [2.05, 4.69) is 10.0 Å². The van der Waals surface area contributed by atoms with Gasteiger partial charge in [0.05, 0.1) is 11.4 Å². The first-order valence-corrected chi connectivity index (χ1v) is 11.0. The minimum atomic E-state index is -3.22. The Balaban J connectivity index is 1.64. The molecule has 146 valence electrons. The molecule has 7 heteroatoms. The first kappa shape index (κ1) is 20.7. The number of rotatable bonds is 10. The van der Waals surface area contributed by atoms with E-state index in [9.17, 15) is 13.2 Å². The number of benzene rings is 1. The molecule has 0 aromatic heterocycles. The summed E-state index contributed by atoms with van der Waals surface area (Å²) < 4.78 is 31.7. The smallest absolute Gasteiger partial charge is 0.224 e. The van der Waals surface area contributed by atoms with E-state index in [1.165, 1.54) is 12.8 Å². The topological polar surface area (TPSA) is 84.5 Å². The predicted octanol–water partition coefficient (Wildman–Crippen LogP) is 3.44. The molecule has 6 nitrogen and oxygen atoms in total. The Morgan fingerprint density at radius 1 is 1.15 bits per heavy atom. The zero-order valence-corrected chi connectivity index (χ0v) is 16.5. The number of amides is 1. The maximum atomic E-state index is 12.0. The normalized spacial score (nSPS) is 15.3. The second kappa shape index (κ2) is 9.92. The first-order valence-electron chi connectivity index (χ1n) is 9.42. The van der Waals surface area contributed by atoms with Crippen molar-refractivity contribution in [2.75, 3.05) is 11.9 Å². The maximum Gasteiger partial charge on any atom is 0.224 e. The maximum absolute atomic E-state index is 12.0. The highest BCUT2D eigenvalue weighted by atomic mass is 32.2. The highest BCUT2D eigenvalue weighted by Crippen LogP contribution is 2.25. The van der Waals surface area contributed by atoms with Gasteiger partial charge in [0, 0.05) is 18.7 Å². The lowest BCUT2D eigenvalue weighted by Gasteiger charge is -2.13. The Hall–Kier alpha value is -1.60. The molecule has 1 saturated carbocycles. The number of hydrogen-bond donors (Lipinski definition) is 2. The van der Waals surface area contributed by atoms with Crippen LogP contribution in [0.2, 0.25) is 0 Å². The van der Waals surface area contributed by atoms with E-state index in [-0.39, 0.29) is 5.91 Å². The van der Waals surface area contributed by atoms with Crippen LogP contribution < -0.4 is 14.8 Å². The molecule has 0 saturated heterocycles. The van der Waals surface area contributed by atoms with Crippen molar-refractivity contribution in [3.8, 4) is 5.75 Å². The van der Waals surface area contributed by atoms with Gasteiger partial charge >= 0.3 is 0 Å². The van der Waals surface area contributed by atoms with Crippen molar-refractivity contribution in [3.63, 3.8) is 0 Å². The van der Waals surface area contributed by atoms with Crippen LogP contribution in [0.25, 0.3) is 0 Å². The summed E-state index contributed by atoms with van der Waals surface area (Å²) in [5, 5.41) is 2.42. The second-order valence-corrected chi connectivity index (χ2v) is 9.36. The lowest BCUT2D eigenvalue weighted by atomic mass is 10.2. The van der Waals surface area contributed by atoms with Gasteiger partial charge < -0.3 is 10.1 Å². The fourth-order valence-electron chi connectivity index (χ4n) is 2.83. The third-order valence-electron chi connectivity index (χ3n) is 4.50. The zero-order valence-electron chi connectivity index (χ0n) is 15.7. The molecule has 0 heterocycles. The molecule has 0 bridgehead atoms. The monoisotopic (exact) mass is 382 g/mol. The van der Waals surface area contributed by atoms with Gasteiger partial charge in [-0.15, -0.1) is 0 Å². The summed E-state index contributed by atoms with van der Waals surface area (Å²) in [5.41, 5.74) is 0.745. The highest BCUT2D eigenvalue weighted by Gasteiger charge is 2.16. The van der Waals surface area contributed by atoms with Gasteiger partial charge in [-0.2, -0.15) is 0 Å². The van der Waals surface area contributed by atoms with E-state index in [0.717, 1.165) is 24.3 Å². The van der Waals surface area contributed by atoms with Gasteiger partial charge in [0.25, 0.3) is 0 Å². The molecule has 1 aliphatic carbocycles. The molecular formula is C19H30N2O4S. The number of anilines is 1. The number of ether oxygens (including phenoxy) is 1. The third-order valence-corrected chi connectivity index (χ3v) is 6.35. The van der Waals surface area contributed by atoms with Crippen LogP contribution in [-0.4, -0.2) is 32.2 Å². The second-order valence-electron chi connectivity index (χ2n) is 7.04. The summed E-state index contributed by atoms with van der Waals surface area (Å²) >= 11 is 0. The molecule has 0 aliphatic heterocycles. The third kappa shape index (κ3) is 6.96. The Morgan fingerprint density at radius 2 is 1.81 bits per heavy atom. The van der Waals surface area contributed by atoms with Gasteiger partial charge in [-0.25, -0.2) is 13.1 Å². The lowest BCUT2D eigenvalue weighted by Crippen LogP contribution is -2.31. The molecule has 1 fully saturated rings. The average molecular weight is 383 g/mol. The molecule has 1 amide bonds. The van der Waals surface area contributed by atoms with Crippen LogP contribution in [0.1, 0.15) is 58.8 Å². The summed E-state index contributed by atoms with van der Waals surface area (Å²) in [6.07, 6.45) is 6.66. The quantitative estimate of drug-likeness (QED) is 0.607.